The highest BCUT2D eigenvalue weighted by Gasteiger charge is 2.26. The summed E-state index contributed by atoms with van der Waals surface area (Å²) in [6, 6.07) is 6.49. The van der Waals surface area contributed by atoms with Gasteiger partial charge in [-0.1, -0.05) is 13.8 Å². The molecule has 96 valence electrons. The number of nitriles is 1. The van der Waals surface area contributed by atoms with Crippen molar-refractivity contribution in [2.75, 3.05) is 31.1 Å². The molecule has 2 rings (SSSR count). The van der Waals surface area contributed by atoms with E-state index >= 15 is 0 Å². The SMILES string of the molecule is CCN(CC)C1CCN(c2ccc(C#N)nc2)C1. The number of aromatic nitrogens is 1. The van der Waals surface area contributed by atoms with Crippen molar-refractivity contribution in [3.63, 3.8) is 0 Å². The van der Waals surface area contributed by atoms with Crippen LogP contribution in [0.25, 0.3) is 0 Å². The first kappa shape index (κ1) is 12.8. The maximum absolute atomic E-state index is 8.74. The molecule has 4 heteroatoms. The number of pyridine rings is 1. The summed E-state index contributed by atoms with van der Waals surface area (Å²) in [6.07, 6.45) is 3.02. The summed E-state index contributed by atoms with van der Waals surface area (Å²) >= 11 is 0. The largest absolute Gasteiger partial charge is 0.369 e. The maximum Gasteiger partial charge on any atom is 0.140 e. The molecule has 0 bridgehead atoms. The zero-order valence-corrected chi connectivity index (χ0v) is 11.1. The molecular weight excluding hydrogens is 224 g/mol. The Morgan fingerprint density at radius 3 is 2.78 bits per heavy atom. The van der Waals surface area contributed by atoms with Gasteiger partial charge in [-0.3, -0.25) is 4.90 Å². The van der Waals surface area contributed by atoms with E-state index in [2.05, 4.69) is 34.7 Å². The maximum atomic E-state index is 8.74. The van der Waals surface area contributed by atoms with Crippen molar-refractivity contribution in [1.29, 1.82) is 5.26 Å². The topological polar surface area (TPSA) is 43.2 Å². The molecule has 0 N–H and O–H groups in total. The molecule has 0 aromatic carbocycles. The van der Waals surface area contributed by atoms with Crippen molar-refractivity contribution in [2.45, 2.75) is 26.3 Å². The average molecular weight is 244 g/mol. The molecule has 1 saturated heterocycles. The van der Waals surface area contributed by atoms with Crippen LogP contribution in [0.4, 0.5) is 5.69 Å². The van der Waals surface area contributed by atoms with Crippen molar-refractivity contribution < 1.29 is 0 Å². The van der Waals surface area contributed by atoms with Gasteiger partial charge in [-0.2, -0.15) is 5.26 Å². The van der Waals surface area contributed by atoms with Crippen LogP contribution in [-0.2, 0) is 0 Å². The lowest BCUT2D eigenvalue weighted by Crippen LogP contribution is -2.37. The Morgan fingerprint density at radius 1 is 1.44 bits per heavy atom. The Balaban J connectivity index is 2.01. The van der Waals surface area contributed by atoms with Crippen LogP contribution >= 0.6 is 0 Å². The number of nitrogens with zero attached hydrogens (tertiary/aromatic N) is 4. The first-order valence-corrected chi connectivity index (χ1v) is 6.63. The Kier molecular flexibility index (Phi) is 4.16. The molecule has 0 radical (unpaired) electrons. The fourth-order valence-corrected chi connectivity index (χ4v) is 2.65. The van der Waals surface area contributed by atoms with Gasteiger partial charge in [0, 0.05) is 19.1 Å². The quantitative estimate of drug-likeness (QED) is 0.811. The van der Waals surface area contributed by atoms with Gasteiger partial charge in [-0.25, -0.2) is 4.98 Å². The molecule has 2 heterocycles. The first-order valence-electron chi connectivity index (χ1n) is 6.63. The fraction of sp³-hybridized carbons (Fsp3) is 0.571. The zero-order valence-electron chi connectivity index (χ0n) is 11.1. The molecule has 0 spiro atoms. The van der Waals surface area contributed by atoms with Crippen LogP contribution in [0.1, 0.15) is 26.0 Å². The normalized spacial score (nSPS) is 19.2. The third-order valence-electron chi connectivity index (χ3n) is 3.72. The molecule has 1 unspecified atom stereocenters. The molecule has 0 saturated carbocycles. The van der Waals surface area contributed by atoms with Gasteiger partial charge in [-0.15, -0.1) is 0 Å². The van der Waals surface area contributed by atoms with Gasteiger partial charge in [-0.05, 0) is 31.6 Å². The highest BCUT2D eigenvalue weighted by molar-refractivity contribution is 5.47. The van der Waals surface area contributed by atoms with E-state index in [1.165, 1.54) is 6.42 Å². The number of rotatable bonds is 4. The van der Waals surface area contributed by atoms with Crippen LogP contribution in [0.5, 0.6) is 0 Å². The third-order valence-corrected chi connectivity index (χ3v) is 3.72. The van der Waals surface area contributed by atoms with E-state index in [-0.39, 0.29) is 0 Å². The molecule has 1 aromatic rings. The van der Waals surface area contributed by atoms with E-state index in [0.717, 1.165) is 31.9 Å². The minimum atomic E-state index is 0.484. The molecule has 1 aromatic heterocycles. The van der Waals surface area contributed by atoms with E-state index in [9.17, 15) is 0 Å². The van der Waals surface area contributed by atoms with Gasteiger partial charge in [0.15, 0.2) is 0 Å². The van der Waals surface area contributed by atoms with Gasteiger partial charge in [0.25, 0.3) is 0 Å². The Bertz CT molecular complexity index is 416. The van der Waals surface area contributed by atoms with Crippen molar-refractivity contribution in [1.82, 2.24) is 9.88 Å². The van der Waals surface area contributed by atoms with Crippen LogP contribution in [0.15, 0.2) is 18.3 Å². The van der Waals surface area contributed by atoms with Crippen molar-refractivity contribution in [3.05, 3.63) is 24.0 Å². The van der Waals surface area contributed by atoms with E-state index in [1.807, 2.05) is 12.3 Å². The van der Waals surface area contributed by atoms with Gasteiger partial charge >= 0.3 is 0 Å². The monoisotopic (exact) mass is 244 g/mol. The predicted octanol–water partition coefficient (Wildman–Crippen LogP) is 1.87. The second-order valence-electron chi connectivity index (χ2n) is 4.62. The highest BCUT2D eigenvalue weighted by Crippen LogP contribution is 2.22. The standard InChI is InChI=1S/C14H20N4/c1-3-17(4-2)14-7-8-18(11-14)13-6-5-12(9-15)16-10-13/h5-6,10,14H,3-4,7-8,11H2,1-2H3. The number of likely N-dealkylation sites (N-methyl/N-ethyl adjacent to an activating group) is 1. The lowest BCUT2D eigenvalue weighted by Gasteiger charge is -2.26. The van der Waals surface area contributed by atoms with Crippen LogP contribution in [0.3, 0.4) is 0 Å². The van der Waals surface area contributed by atoms with Crippen LogP contribution in [0.2, 0.25) is 0 Å². The second kappa shape index (κ2) is 5.83. The molecule has 0 aliphatic carbocycles. The van der Waals surface area contributed by atoms with E-state index in [0.29, 0.717) is 11.7 Å². The molecule has 1 aliphatic rings. The van der Waals surface area contributed by atoms with Gasteiger partial charge in [0.2, 0.25) is 0 Å². The fourth-order valence-electron chi connectivity index (χ4n) is 2.65. The smallest absolute Gasteiger partial charge is 0.140 e. The Hall–Kier alpha value is -1.60. The summed E-state index contributed by atoms with van der Waals surface area (Å²) in [5, 5.41) is 8.74. The van der Waals surface area contributed by atoms with Crippen molar-refractivity contribution in [2.24, 2.45) is 0 Å². The van der Waals surface area contributed by atoms with E-state index in [1.54, 1.807) is 6.07 Å². The summed E-state index contributed by atoms with van der Waals surface area (Å²) in [6.45, 7) is 8.80. The average Bonchev–Trinajstić information content (AvgIpc) is 2.90. The van der Waals surface area contributed by atoms with Gasteiger partial charge < -0.3 is 4.90 Å². The summed E-state index contributed by atoms with van der Waals surface area (Å²) in [4.78, 5) is 9.00. The van der Waals surface area contributed by atoms with Crippen LogP contribution < -0.4 is 4.90 Å². The van der Waals surface area contributed by atoms with Crippen molar-refractivity contribution >= 4 is 5.69 Å². The zero-order chi connectivity index (χ0) is 13.0. The predicted molar refractivity (Wildman–Crippen MR) is 72.5 cm³/mol. The van der Waals surface area contributed by atoms with Crippen molar-refractivity contribution in [3.8, 4) is 6.07 Å². The number of hydrogen-bond donors (Lipinski definition) is 0. The van der Waals surface area contributed by atoms with Crippen LogP contribution in [-0.4, -0.2) is 42.1 Å². The van der Waals surface area contributed by atoms with E-state index in [4.69, 9.17) is 5.26 Å². The first-order chi connectivity index (χ1) is 8.78. The summed E-state index contributed by atoms with van der Waals surface area (Å²) in [5.74, 6) is 0. The highest BCUT2D eigenvalue weighted by atomic mass is 15.3. The van der Waals surface area contributed by atoms with Gasteiger partial charge in [0.1, 0.15) is 11.8 Å². The molecule has 0 amide bonds. The minimum Gasteiger partial charge on any atom is -0.369 e. The lowest BCUT2D eigenvalue weighted by molar-refractivity contribution is 0.232. The molecule has 1 aliphatic heterocycles. The minimum absolute atomic E-state index is 0.484. The molecule has 1 fully saturated rings. The number of hydrogen-bond acceptors (Lipinski definition) is 4. The lowest BCUT2D eigenvalue weighted by atomic mass is 10.2. The summed E-state index contributed by atoms with van der Waals surface area (Å²) in [7, 11) is 0. The molecule has 18 heavy (non-hydrogen) atoms. The third kappa shape index (κ3) is 2.62. The molecule has 4 nitrogen and oxygen atoms in total. The summed E-state index contributed by atoms with van der Waals surface area (Å²) in [5.41, 5.74) is 1.61. The molecule has 1 atom stereocenters. The molecular formula is C14H20N4. The Labute approximate surface area is 109 Å². The summed E-state index contributed by atoms with van der Waals surface area (Å²) < 4.78 is 0. The van der Waals surface area contributed by atoms with Crippen LogP contribution in [0, 0.1) is 11.3 Å². The van der Waals surface area contributed by atoms with Gasteiger partial charge in [0.05, 0.1) is 11.9 Å². The Morgan fingerprint density at radius 2 is 2.22 bits per heavy atom. The van der Waals surface area contributed by atoms with E-state index < -0.39 is 0 Å². The number of anilines is 1. The second-order valence-corrected chi connectivity index (χ2v) is 4.62.